The van der Waals surface area contributed by atoms with Crippen molar-refractivity contribution in [1.82, 2.24) is 0 Å². The normalized spacial score (nSPS) is 9.74. The molecule has 0 aromatic heterocycles. The lowest BCUT2D eigenvalue weighted by atomic mass is 10.1. The quantitative estimate of drug-likeness (QED) is 0.366. The molecule has 0 unspecified atom stereocenters. The van der Waals surface area contributed by atoms with Crippen molar-refractivity contribution >= 4 is 17.9 Å². The van der Waals surface area contributed by atoms with Gasteiger partial charge in [0.05, 0.1) is 30.9 Å². The summed E-state index contributed by atoms with van der Waals surface area (Å²) >= 11 is 0. The lowest BCUT2D eigenvalue weighted by Crippen LogP contribution is -2.11. The van der Waals surface area contributed by atoms with Crippen molar-refractivity contribution in [1.29, 1.82) is 0 Å². The molecular weight excluding hydrogens is 396 g/mol. The molecule has 0 aliphatic heterocycles. The third-order valence-electron chi connectivity index (χ3n) is 4.20. The molecule has 31 heavy (non-hydrogen) atoms. The van der Waals surface area contributed by atoms with Crippen molar-refractivity contribution in [3.8, 4) is 17.6 Å². The van der Waals surface area contributed by atoms with E-state index < -0.39 is 17.9 Å². The van der Waals surface area contributed by atoms with Crippen LogP contribution in [0.15, 0.2) is 72.8 Å². The van der Waals surface area contributed by atoms with Gasteiger partial charge in [0, 0.05) is 11.1 Å². The highest BCUT2D eigenvalue weighted by atomic mass is 16.5. The molecule has 0 saturated carbocycles. The van der Waals surface area contributed by atoms with Crippen molar-refractivity contribution in [2.24, 2.45) is 0 Å². The van der Waals surface area contributed by atoms with E-state index in [-0.39, 0.29) is 22.4 Å². The van der Waals surface area contributed by atoms with E-state index in [2.05, 4.69) is 21.3 Å². The summed E-state index contributed by atoms with van der Waals surface area (Å²) in [7, 11) is 2.42. The van der Waals surface area contributed by atoms with E-state index in [9.17, 15) is 14.4 Å². The highest BCUT2D eigenvalue weighted by Gasteiger charge is 2.17. The molecule has 0 atom stereocenters. The van der Waals surface area contributed by atoms with Crippen LogP contribution < -0.4 is 4.74 Å². The van der Waals surface area contributed by atoms with E-state index in [1.807, 2.05) is 30.3 Å². The Balaban J connectivity index is 1.79. The van der Waals surface area contributed by atoms with Gasteiger partial charge in [0.2, 0.25) is 0 Å². The molecule has 3 aromatic carbocycles. The van der Waals surface area contributed by atoms with Crippen molar-refractivity contribution in [2.45, 2.75) is 0 Å². The molecule has 0 spiro atoms. The summed E-state index contributed by atoms with van der Waals surface area (Å²) in [4.78, 5) is 36.2. The summed E-state index contributed by atoms with van der Waals surface area (Å²) in [5.74, 6) is 4.07. The van der Waals surface area contributed by atoms with Gasteiger partial charge in [0.15, 0.2) is 0 Å². The Morgan fingerprint density at radius 3 is 1.65 bits per heavy atom. The van der Waals surface area contributed by atoms with Crippen molar-refractivity contribution in [3.05, 3.63) is 101 Å². The summed E-state index contributed by atoms with van der Waals surface area (Å²) in [6, 6.07) is 20.1. The van der Waals surface area contributed by atoms with Crippen LogP contribution in [0.5, 0.6) is 5.75 Å². The Hall–Kier alpha value is -4.37. The first-order valence-electron chi connectivity index (χ1n) is 9.21. The summed E-state index contributed by atoms with van der Waals surface area (Å²) in [6.07, 6.45) is 0. The molecule has 0 fully saturated rings. The van der Waals surface area contributed by atoms with Crippen LogP contribution in [-0.2, 0) is 9.47 Å². The molecule has 0 saturated heterocycles. The Morgan fingerprint density at radius 2 is 1.13 bits per heavy atom. The zero-order valence-corrected chi connectivity index (χ0v) is 16.9. The molecule has 0 bridgehead atoms. The second kappa shape index (κ2) is 9.90. The Morgan fingerprint density at radius 1 is 0.613 bits per heavy atom. The van der Waals surface area contributed by atoms with Crippen LogP contribution in [-0.4, -0.2) is 32.1 Å². The van der Waals surface area contributed by atoms with Gasteiger partial charge in [-0.1, -0.05) is 30.0 Å². The number of rotatable bonds is 4. The summed E-state index contributed by atoms with van der Waals surface area (Å²) in [5.41, 5.74) is 2.02. The molecular formula is C25H18O6. The third kappa shape index (κ3) is 5.58. The molecule has 0 amide bonds. The predicted octanol–water partition coefficient (Wildman–Crippen LogP) is 3.88. The summed E-state index contributed by atoms with van der Waals surface area (Å²) in [6.45, 7) is 0. The third-order valence-corrected chi connectivity index (χ3v) is 4.20. The van der Waals surface area contributed by atoms with E-state index in [1.165, 1.54) is 32.4 Å². The van der Waals surface area contributed by atoms with E-state index in [1.54, 1.807) is 24.3 Å². The minimum absolute atomic E-state index is 0.0150. The number of benzene rings is 3. The fraction of sp³-hybridized carbons (Fsp3) is 0.0800. The van der Waals surface area contributed by atoms with Crippen LogP contribution >= 0.6 is 0 Å². The van der Waals surface area contributed by atoms with Gasteiger partial charge >= 0.3 is 17.9 Å². The maximum Gasteiger partial charge on any atom is 0.343 e. The summed E-state index contributed by atoms with van der Waals surface area (Å²) in [5, 5.41) is 0. The molecule has 0 aliphatic rings. The van der Waals surface area contributed by atoms with Crippen molar-refractivity contribution in [2.75, 3.05) is 14.2 Å². The largest absolute Gasteiger partial charge is 0.465 e. The molecule has 0 aliphatic carbocycles. The van der Waals surface area contributed by atoms with Gasteiger partial charge in [-0.15, -0.1) is 0 Å². The number of esters is 3. The Labute approximate surface area is 179 Å². The van der Waals surface area contributed by atoms with Crippen LogP contribution in [0.25, 0.3) is 0 Å². The van der Waals surface area contributed by atoms with Gasteiger partial charge in [-0.3, -0.25) is 0 Å². The van der Waals surface area contributed by atoms with E-state index in [4.69, 9.17) is 4.74 Å². The number of ether oxygens (including phenoxy) is 3. The first-order valence-corrected chi connectivity index (χ1v) is 9.21. The molecule has 6 nitrogen and oxygen atoms in total. The topological polar surface area (TPSA) is 78.9 Å². The smallest absolute Gasteiger partial charge is 0.343 e. The minimum Gasteiger partial charge on any atom is -0.465 e. The molecule has 6 heteroatoms. The van der Waals surface area contributed by atoms with Crippen molar-refractivity contribution < 1.29 is 28.6 Å². The van der Waals surface area contributed by atoms with Crippen LogP contribution in [0.4, 0.5) is 0 Å². The molecule has 0 heterocycles. The molecule has 3 aromatic rings. The number of carbonyl (C=O) groups excluding carboxylic acids is 3. The monoisotopic (exact) mass is 414 g/mol. The Bertz CT molecular complexity index is 1130. The minimum atomic E-state index is -0.676. The fourth-order valence-corrected chi connectivity index (χ4v) is 2.65. The number of methoxy groups -OCH3 is 2. The zero-order chi connectivity index (χ0) is 22.2. The van der Waals surface area contributed by atoms with Gasteiger partial charge in [-0.25, -0.2) is 14.4 Å². The van der Waals surface area contributed by atoms with Crippen LogP contribution in [0.1, 0.15) is 42.2 Å². The molecule has 3 rings (SSSR count). The first kappa shape index (κ1) is 21.3. The van der Waals surface area contributed by atoms with Gasteiger partial charge in [0.25, 0.3) is 0 Å². The lowest BCUT2D eigenvalue weighted by molar-refractivity contribution is 0.0593. The zero-order valence-electron chi connectivity index (χ0n) is 16.9. The average molecular weight is 414 g/mol. The maximum atomic E-state index is 12.5. The van der Waals surface area contributed by atoms with Crippen molar-refractivity contribution in [3.63, 3.8) is 0 Å². The SMILES string of the molecule is COC(=O)c1cc(OC(=O)c2ccc(C#Cc3ccccc3)cc2)cc(C(=O)OC)c1. The van der Waals surface area contributed by atoms with Gasteiger partial charge in [0.1, 0.15) is 5.75 Å². The molecule has 0 radical (unpaired) electrons. The average Bonchev–Trinajstić information content (AvgIpc) is 2.82. The highest BCUT2D eigenvalue weighted by molar-refractivity contribution is 5.97. The second-order valence-electron chi connectivity index (χ2n) is 6.31. The first-order chi connectivity index (χ1) is 15.0. The van der Waals surface area contributed by atoms with Gasteiger partial charge in [-0.05, 0) is 54.6 Å². The summed E-state index contributed by atoms with van der Waals surface area (Å²) < 4.78 is 14.7. The standard InChI is InChI=1S/C25H18O6/c1-29-23(26)20-14-21(24(27)30-2)16-22(15-20)31-25(28)19-12-10-18(11-13-19)9-8-17-6-4-3-5-7-17/h3-7,10-16H,1-2H3. The predicted molar refractivity (Wildman–Crippen MR) is 113 cm³/mol. The number of carbonyl (C=O) groups is 3. The number of hydrogen-bond donors (Lipinski definition) is 0. The number of hydrogen-bond acceptors (Lipinski definition) is 6. The molecule has 0 N–H and O–H groups in total. The van der Waals surface area contributed by atoms with Crippen LogP contribution in [0.2, 0.25) is 0 Å². The van der Waals surface area contributed by atoms with E-state index in [0.29, 0.717) is 0 Å². The van der Waals surface area contributed by atoms with Gasteiger partial charge < -0.3 is 14.2 Å². The van der Waals surface area contributed by atoms with E-state index in [0.717, 1.165) is 11.1 Å². The van der Waals surface area contributed by atoms with Crippen LogP contribution in [0, 0.1) is 11.8 Å². The van der Waals surface area contributed by atoms with E-state index >= 15 is 0 Å². The second-order valence-corrected chi connectivity index (χ2v) is 6.31. The maximum absolute atomic E-state index is 12.5. The highest BCUT2D eigenvalue weighted by Crippen LogP contribution is 2.20. The lowest BCUT2D eigenvalue weighted by Gasteiger charge is -2.09. The Kier molecular flexibility index (Phi) is 6.82. The van der Waals surface area contributed by atoms with Gasteiger partial charge in [-0.2, -0.15) is 0 Å². The molecule has 154 valence electrons. The van der Waals surface area contributed by atoms with Crippen LogP contribution in [0.3, 0.4) is 0 Å². The fourth-order valence-electron chi connectivity index (χ4n) is 2.65.